The zero-order valence-corrected chi connectivity index (χ0v) is 11.6. The molecule has 2 aromatic carbocycles. The summed E-state index contributed by atoms with van der Waals surface area (Å²) in [6, 6.07) is 18.3. The van der Waals surface area contributed by atoms with Crippen LogP contribution in [0.5, 0.6) is 0 Å². The molecule has 0 aliphatic carbocycles. The van der Waals surface area contributed by atoms with Gasteiger partial charge in [-0.3, -0.25) is 4.90 Å². The third-order valence-electron chi connectivity index (χ3n) is 3.20. The Morgan fingerprint density at radius 3 is 2.47 bits per heavy atom. The first-order valence-electron chi connectivity index (χ1n) is 6.62. The lowest BCUT2D eigenvalue weighted by Crippen LogP contribution is -2.24. The van der Waals surface area contributed by atoms with Crippen molar-refractivity contribution in [2.75, 3.05) is 13.6 Å². The van der Waals surface area contributed by atoms with Crippen molar-refractivity contribution in [1.82, 2.24) is 4.90 Å². The highest BCUT2D eigenvalue weighted by Gasteiger charge is 2.10. The lowest BCUT2D eigenvalue weighted by molar-refractivity contribution is 0.124. The molecule has 0 aliphatic heterocycles. The van der Waals surface area contributed by atoms with E-state index in [1.165, 1.54) is 11.1 Å². The Balaban J connectivity index is 1.92. The number of rotatable bonds is 5. The van der Waals surface area contributed by atoms with Gasteiger partial charge in [0.2, 0.25) is 0 Å². The van der Waals surface area contributed by atoms with E-state index in [-0.39, 0.29) is 0 Å². The molecule has 0 saturated heterocycles. The molecular weight excluding hydrogens is 234 g/mol. The highest BCUT2D eigenvalue weighted by Crippen LogP contribution is 2.14. The molecule has 0 saturated carbocycles. The van der Waals surface area contributed by atoms with Crippen molar-refractivity contribution in [3.8, 4) is 0 Å². The average molecular weight is 255 g/mol. The molecule has 0 radical (unpaired) electrons. The van der Waals surface area contributed by atoms with Gasteiger partial charge in [0, 0.05) is 13.1 Å². The van der Waals surface area contributed by atoms with Crippen LogP contribution in [-0.4, -0.2) is 23.6 Å². The molecule has 2 heteroatoms. The lowest BCUT2D eigenvalue weighted by Gasteiger charge is -2.21. The maximum absolute atomic E-state index is 10.2. The Hall–Kier alpha value is -1.64. The van der Waals surface area contributed by atoms with Gasteiger partial charge in [0.25, 0.3) is 0 Å². The average Bonchev–Trinajstić information content (AvgIpc) is 2.39. The van der Waals surface area contributed by atoms with Crippen molar-refractivity contribution in [1.29, 1.82) is 0 Å². The Morgan fingerprint density at radius 1 is 1.05 bits per heavy atom. The predicted octanol–water partition coefficient (Wildman–Crippen LogP) is 3.16. The van der Waals surface area contributed by atoms with E-state index in [1.807, 2.05) is 37.4 Å². The lowest BCUT2D eigenvalue weighted by atomic mass is 10.1. The van der Waals surface area contributed by atoms with Crippen LogP contribution in [0.1, 0.15) is 22.8 Å². The van der Waals surface area contributed by atoms with Gasteiger partial charge in [-0.25, -0.2) is 0 Å². The van der Waals surface area contributed by atoms with Crippen LogP contribution < -0.4 is 0 Å². The van der Waals surface area contributed by atoms with E-state index in [2.05, 4.69) is 36.1 Å². The summed E-state index contributed by atoms with van der Waals surface area (Å²) in [7, 11) is 2.04. The number of nitrogens with zero attached hydrogens (tertiary/aromatic N) is 1. The Bertz CT molecular complexity index is 510. The first kappa shape index (κ1) is 13.8. The predicted molar refractivity (Wildman–Crippen MR) is 78.9 cm³/mol. The highest BCUT2D eigenvalue weighted by atomic mass is 16.3. The molecule has 0 amide bonds. The minimum atomic E-state index is -0.434. The number of aliphatic hydroxyl groups is 1. The Labute approximate surface area is 115 Å². The summed E-state index contributed by atoms with van der Waals surface area (Å²) >= 11 is 0. The normalized spacial score (nSPS) is 12.6. The van der Waals surface area contributed by atoms with Crippen LogP contribution in [0.3, 0.4) is 0 Å². The van der Waals surface area contributed by atoms with Gasteiger partial charge in [-0.05, 0) is 25.1 Å². The summed E-state index contributed by atoms with van der Waals surface area (Å²) in [5.74, 6) is 0. The molecule has 1 N–H and O–H groups in total. The molecule has 0 fully saturated rings. The van der Waals surface area contributed by atoms with Gasteiger partial charge < -0.3 is 5.11 Å². The molecule has 1 atom stereocenters. The molecule has 100 valence electrons. The Kier molecular flexibility index (Phi) is 4.72. The van der Waals surface area contributed by atoms with Crippen LogP contribution in [0.4, 0.5) is 0 Å². The number of aryl methyl sites for hydroxylation is 1. The zero-order valence-electron chi connectivity index (χ0n) is 11.6. The van der Waals surface area contributed by atoms with Crippen molar-refractivity contribution >= 4 is 0 Å². The minimum Gasteiger partial charge on any atom is -0.387 e. The van der Waals surface area contributed by atoms with Crippen molar-refractivity contribution in [2.24, 2.45) is 0 Å². The van der Waals surface area contributed by atoms with Crippen molar-refractivity contribution in [3.05, 3.63) is 71.3 Å². The molecule has 2 nitrogen and oxygen atoms in total. The number of benzene rings is 2. The second kappa shape index (κ2) is 6.50. The van der Waals surface area contributed by atoms with E-state index in [9.17, 15) is 5.11 Å². The van der Waals surface area contributed by atoms with Crippen molar-refractivity contribution in [3.63, 3.8) is 0 Å². The molecule has 19 heavy (non-hydrogen) atoms. The van der Waals surface area contributed by atoms with Crippen LogP contribution in [-0.2, 0) is 6.54 Å². The van der Waals surface area contributed by atoms with E-state index >= 15 is 0 Å². The molecule has 0 aromatic heterocycles. The fourth-order valence-electron chi connectivity index (χ4n) is 2.26. The Morgan fingerprint density at radius 2 is 1.79 bits per heavy atom. The van der Waals surface area contributed by atoms with E-state index in [4.69, 9.17) is 0 Å². The molecule has 0 bridgehead atoms. The number of hydrogen-bond acceptors (Lipinski definition) is 2. The van der Waals surface area contributed by atoms with Gasteiger partial charge in [-0.2, -0.15) is 0 Å². The van der Waals surface area contributed by atoms with Gasteiger partial charge in [-0.15, -0.1) is 0 Å². The highest BCUT2D eigenvalue weighted by molar-refractivity contribution is 5.22. The maximum Gasteiger partial charge on any atom is 0.0916 e. The summed E-state index contributed by atoms with van der Waals surface area (Å²) in [5, 5.41) is 10.2. The number of hydrogen-bond donors (Lipinski definition) is 1. The summed E-state index contributed by atoms with van der Waals surface area (Å²) in [6.07, 6.45) is -0.434. The molecular formula is C17H21NO. The molecule has 0 spiro atoms. The summed E-state index contributed by atoms with van der Waals surface area (Å²) < 4.78 is 0. The van der Waals surface area contributed by atoms with Gasteiger partial charge in [0.05, 0.1) is 6.10 Å². The van der Waals surface area contributed by atoms with Crippen LogP contribution >= 0.6 is 0 Å². The largest absolute Gasteiger partial charge is 0.387 e. The third kappa shape index (κ3) is 4.19. The van der Waals surface area contributed by atoms with Crippen LogP contribution in [0.15, 0.2) is 54.6 Å². The first-order valence-corrected chi connectivity index (χ1v) is 6.62. The first-order chi connectivity index (χ1) is 9.15. The zero-order chi connectivity index (χ0) is 13.7. The number of aliphatic hydroxyl groups excluding tert-OH is 1. The van der Waals surface area contributed by atoms with E-state index in [1.54, 1.807) is 0 Å². The fourth-order valence-corrected chi connectivity index (χ4v) is 2.26. The van der Waals surface area contributed by atoms with Gasteiger partial charge in [0.1, 0.15) is 0 Å². The number of likely N-dealkylation sites (N-methyl/N-ethyl adjacent to an activating group) is 1. The van der Waals surface area contributed by atoms with E-state index in [0.717, 1.165) is 12.1 Å². The molecule has 2 rings (SSSR count). The van der Waals surface area contributed by atoms with E-state index < -0.39 is 6.10 Å². The summed E-state index contributed by atoms with van der Waals surface area (Å²) in [6.45, 7) is 3.59. The van der Waals surface area contributed by atoms with Gasteiger partial charge in [-0.1, -0.05) is 60.2 Å². The molecule has 0 heterocycles. The van der Waals surface area contributed by atoms with Crippen LogP contribution in [0.25, 0.3) is 0 Å². The summed E-state index contributed by atoms with van der Waals surface area (Å²) in [4.78, 5) is 2.15. The van der Waals surface area contributed by atoms with E-state index in [0.29, 0.717) is 6.54 Å². The second-order valence-corrected chi connectivity index (χ2v) is 5.11. The quantitative estimate of drug-likeness (QED) is 0.887. The molecule has 0 aliphatic rings. The SMILES string of the molecule is Cc1cccc(CN(C)CC(O)c2ccccc2)c1. The minimum absolute atomic E-state index is 0.434. The standard InChI is InChI=1S/C17H21NO/c1-14-7-6-8-15(11-14)12-18(2)13-17(19)16-9-4-3-5-10-16/h3-11,17,19H,12-13H2,1-2H3. The van der Waals surface area contributed by atoms with Crippen LogP contribution in [0, 0.1) is 6.92 Å². The smallest absolute Gasteiger partial charge is 0.0916 e. The topological polar surface area (TPSA) is 23.5 Å². The second-order valence-electron chi connectivity index (χ2n) is 5.11. The van der Waals surface area contributed by atoms with Gasteiger partial charge >= 0.3 is 0 Å². The van der Waals surface area contributed by atoms with Gasteiger partial charge in [0.15, 0.2) is 0 Å². The third-order valence-corrected chi connectivity index (χ3v) is 3.20. The monoisotopic (exact) mass is 255 g/mol. The van der Waals surface area contributed by atoms with Crippen molar-refractivity contribution in [2.45, 2.75) is 19.6 Å². The maximum atomic E-state index is 10.2. The van der Waals surface area contributed by atoms with Crippen LogP contribution in [0.2, 0.25) is 0 Å². The fraction of sp³-hybridized carbons (Fsp3) is 0.294. The van der Waals surface area contributed by atoms with Crippen molar-refractivity contribution < 1.29 is 5.11 Å². The molecule has 2 aromatic rings. The summed E-state index contributed by atoms with van der Waals surface area (Å²) in [5.41, 5.74) is 3.52. The molecule has 1 unspecified atom stereocenters.